The largest absolute Gasteiger partial charge is 0.383 e. The molecule has 16 heavy (non-hydrogen) atoms. The standard InChI is InChI=1S/C13H26N2O/c1-4-12(2)15-8-5-13(6-9-15)11-14-7-10-16-3/h4,12-14H,1,5-11H2,2-3H3. The Morgan fingerprint density at radius 3 is 2.75 bits per heavy atom. The van der Waals surface area contributed by atoms with Crippen LogP contribution >= 0.6 is 0 Å². The number of methoxy groups -OCH3 is 1. The highest BCUT2D eigenvalue weighted by molar-refractivity contribution is 4.87. The van der Waals surface area contributed by atoms with E-state index in [0.717, 1.165) is 25.6 Å². The average Bonchev–Trinajstić information content (AvgIpc) is 2.34. The predicted octanol–water partition coefficient (Wildman–Crippen LogP) is 1.51. The maximum atomic E-state index is 5.01. The molecule has 1 N–H and O–H groups in total. The zero-order valence-electron chi connectivity index (χ0n) is 10.7. The molecule has 1 rings (SSSR count). The molecular weight excluding hydrogens is 200 g/mol. The first-order valence-corrected chi connectivity index (χ1v) is 6.34. The van der Waals surface area contributed by atoms with Gasteiger partial charge in [0.15, 0.2) is 0 Å². The predicted molar refractivity (Wildman–Crippen MR) is 68.7 cm³/mol. The summed E-state index contributed by atoms with van der Waals surface area (Å²) in [7, 11) is 1.75. The lowest BCUT2D eigenvalue weighted by Crippen LogP contribution is -2.41. The lowest BCUT2D eigenvalue weighted by Gasteiger charge is -2.34. The van der Waals surface area contributed by atoms with Crippen molar-refractivity contribution in [3.63, 3.8) is 0 Å². The summed E-state index contributed by atoms with van der Waals surface area (Å²) in [6, 6.07) is 0.530. The average molecular weight is 226 g/mol. The summed E-state index contributed by atoms with van der Waals surface area (Å²) in [5.74, 6) is 0.838. The smallest absolute Gasteiger partial charge is 0.0587 e. The van der Waals surface area contributed by atoms with Crippen LogP contribution < -0.4 is 5.32 Å². The molecule has 0 aliphatic carbocycles. The van der Waals surface area contributed by atoms with Crippen LogP contribution in [0.3, 0.4) is 0 Å². The highest BCUT2D eigenvalue weighted by Crippen LogP contribution is 2.18. The van der Waals surface area contributed by atoms with Crippen LogP contribution in [0.15, 0.2) is 12.7 Å². The fourth-order valence-electron chi connectivity index (χ4n) is 2.19. The van der Waals surface area contributed by atoms with Gasteiger partial charge in [-0.25, -0.2) is 0 Å². The minimum atomic E-state index is 0.530. The summed E-state index contributed by atoms with van der Waals surface area (Å²) in [5, 5.41) is 3.45. The molecular formula is C13H26N2O. The Morgan fingerprint density at radius 2 is 2.19 bits per heavy atom. The molecule has 1 fully saturated rings. The zero-order valence-corrected chi connectivity index (χ0v) is 10.7. The van der Waals surface area contributed by atoms with Crippen molar-refractivity contribution in [2.24, 2.45) is 5.92 Å². The van der Waals surface area contributed by atoms with Crippen molar-refractivity contribution in [3.05, 3.63) is 12.7 Å². The van der Waals surface area contributed by atoms with E-state index in [4.69, 9.17) is 4.74 Å². The van der Waals surface area contributed by atoms with Gasteiger partial charge in [0, 0.05) is 19.7 Å². The van der Waals surface area contributed by atoms with E-state index in [-0.39, 0.29) is 0 Å². The quantitative estimate of drug-likeness (QED) is 0.526. The first-order chi connectivity index (χ1) is 7.77. The van der Waals surface area contributed by atoms with Gasteiger partial charge in [-0.1, -0.05) is 6.08 Å². The number of ether oxygens (including phenoxy) is 1. The fraction of sp³-hybridized carbons (Fsp3) is 0.846. The van der Waals surface area contributed by atoms with E-state index in [2.05, 4.69) is 23.7 Å². The molecule has 0 aromatic heterocycles. The Balaban J connectivity index is 2.09. The molecule has 94 valence electrons. The third-order valence-corrected chi connectivity index (χ3v) is 3.48. The fourth-order valence-corrected chi connectivity index (χ4v) is 2.19. The molecule has 0 spiro atoms. The van der Waals surface area contributed by atoms with E-state index >= 15 is 0 Å². The zero-order chi connectivity index (χ0) is 11.8. The maximum Gasteiger partial charge on any atom is 0.0587 e. The van der Waals surface area contributed by atoms with Gasteiger partial charge < -0.3 is 10.1 Å². The summed E-state index contributed by atoms with van der Waals surface area (Å²) in [6.07, 6.45) is 4.65. The lowest BCUT2D eigenvalue weighted by atomic mass is 9.96. The summed E-state index contributed by atoms with van der Waals surface area (Å²) in [4.78, 5) is 2.51. The molecule has 1 atom stereocenters. The van der Waals surface area contributed by atoms with Gasteiger partial charge in [0.1, 0.15) is 0 Å². The Kier molecular flexibility index (Phi) is 6.69. The van der Waals surface area contributed by atoms with E-state index in [1.165, 1.54) is 25.9 Å². The van der Waals surface area contributed by atoms with Crippen LogP contribution in [0.1, 0.15) is 19.8 Å². The maximum absolute atomic E-state index is 5.01. The van der Waals surface area contributed by atoms with E-state index < -0.39 is 0 Å². The molecule has 0 amide bonds. The van der Waals surface area contributed by atoms with Gasteiger partial charge in [0.05, 0.1) is 6.61 Å². The Bertz CT molecular complexity index is 188. The molecule has 0 bridgehead atoms. The van der Waals surface area contributed by atoms with Gasteiger partial charge in [0.25, 0.3) is 0 Å². The van der Waals surface area contributed by atoms with Crippen molar-refractivity contribution >= 4 is 0 Å². The van der Waals surface area contributed by atoms with Crippen molar-refractivity contribution in [3.8, 4) is 0 Å². The highest BCUT2D eigenvalue weighted by Gasteiger charge is 2.20. The van der Waals surface area contributed by atoms with E-state index in [1.54, 1.807) is 7.11 Å². The first kappa shape index (κ1) is 13.7. The van der Waals surface area contributed by atoms with Crippen molar-refractivity contribution < 1.29 is 4.74 Å². The molecule has 1 saturated heterocycles. The lowest BCUT2D eigenvalue weighted by molar-refractivity contribution is 0.156. The van der Waals surface area contributed by atoms with Gasteiger partial charge in [-0.05, 0) is 45.3 Å². The van der Waals surface area contributed by atoms with Gasteiger partial charge in [-0.15, -0.1) is 6.58 Å². The van der Waals surface area contributed by atoms with Crippen LogP contribution in [0.25, 0.3) is 0 Å². The minimum absolute atomic E-state index is 0.530. The van der Waals surface area contributed by atoms with Crippen LogP contribution in [0.5, 0.6) is 0 Å². The molecule has 0 aromatic rings. The highest BCUT2D eigenvalue weighted by atomic mass is 16.5. The Labute approximate surface area is 99.8 Å². The molecule has 1 aliphatic rings. The van der Waals surface area contributed by atoms with Crippen molar-refractivity contribution in [1.82, 2.24) is 10.2 Å². The molecule has 3 nitrogen and oxygen atoms in total. The van der Waals surface area contributed by atoms with Crippen LogP contribution in [-0.4, -0.2) is 50.8 Å². The van der Waals surface area contributed by atoms with Crippen molar-refractivity contribution in [2.75, 3.05) is 39.9 Å². The van der Waals surface area contributed by atoms with E-state index in [9.17, 15) is 0 Å². The third kappa shape index (κ3) is 4.64. The monoisotopic (exact) mass is 226 g/mol. The number of hydrogen-bond donors (Lipinski definition) is 1. The number of likely N-dealkylation sites (tertiary alicyclic amines) is 1. The van der Waals surface area contributed by atoms with Crippen LogP contribution in [0.2, 0.25) is 0 Å². The Morgan fingerprint density at radius 1 is 1.50 bits per heavy atom. The topological polar surface area (TPSA) is 24.5 Å². The van der Waals surface area contributed by atoms with E-state index in [1.807, 2.05) is 6.08 Å². The van der Waals surface area contributed by atoms with Gasteiger partial charge in [-0.2, -0.15) is 0 Å². The number of nitrogens with zero attached hydrogens (tertiary/aromatic N) is 1. The second-order valence-corrected chi connectivity index (χ2v) is 4.65. The number of hydrogen-bond acceptors (Lipinski definition) is 3. The molecule has 1 unspecified atom stereocenters. The van der Waals surface area contributed by atoms with E-state index in [0.29, 0.717) is 6.04 Å². The molecule has 3 heteroatoms. The molecule has 0 radical (unpaired) electrons. The van der Waals surface area contributed by atoms with Gasteiger partial charge in [-0.3, -0.25) is 4.90 Å². The number of piperidine rings is 1. The summed E-state index contributed by atoms with van der Waals surface area (Å²) < 4.78 is 5.01. The molecule has 0 aromatic carbocycles. The third-order valence-electron chi connectivity index (χ3n) is 3.48. The number of nitrogens with one attached hydrogen (secondary N) is 1. The second kappa shape index (κ2) is 7.82. The Hall–Kier alpha value is -0.380. The second-order valence-electron chi connectivity index (χ2n) is 4.65. The van der Waals surface area contributed by atoms with Gasteiger partial charge >= 0.3 is 0 Å². The molecule has 1 heterocycles. The SMILES string of the molecule is C=CC(C)N1CCC(CNCCOC)CC1. The summed E-state index contributed by atoms with van der Waals surface area (Å²) in [5.41, 5.74) is 0. The van der Waals surface area contributed by atoms with Crippen LogP contribution in [0, 0.1) is 5.92 Å². The first-order valence-electron chi connectivity index (χ1n) is 6.34. The number of rotatable bonds is 7. The summed E-state index contributed by atoms with van der Waals surface area (Å²) in [6.45, 7) is 11.4. The minimum Gasteiger partial charge on any atom is -0.383 e. The van der Waals surface area contributed by atoms with Crippen LogP contribution in [-0.2, 0) is 4.74 Å². The van der Waals surface area contributed by atoms with Crippen molar-refractivity contribution in [2.45, 2.75) is 25.8 Å². The van der Waals surface area contributed by atoms with Crippen molar-refractivity contribution in [1.29, 1.82) is 0 Å². The molecule has 1 aliphatic heterocycles. The summed E-state index contributed by atoms with van der Waals surface area (Å²) >= 11 is 0. The molecule has 0 saturated carbocycles. The van der Waals surface area contributed by atoms with Crippen LogP contribution in [0.4, 0.5) is 0 Å². The normalized spacial score (nSPS) is 20.9. The van der Waals surface area contributed by atoms with Gasteiger partial charge in [0.2, 0.25) is 0 Å².